The van der Waals surface area contributed by atoms with Crippen molar-refractivity contribution in [3.8, 4) is 0 Å². The topological polar surface area (TPSA) is 24.9 Å². The second kappa shape index (κ2) is 4.92. The highest BCUT2D eigenvalue weighted by molar-refractivity contribution is 6.35. The zero-order chi connectivity index (χ0) is 14.3. The number of hydrogen-bond donors (Lipinski definition) is 1. The van der Waals surface area contributed by atoms with Crippen LogP contribution in [-0.2, 0) is 0 Å². The van der Waals surface area contributed by atoms with E-state index >= 15 is 0 Å². The standard InChI is InChI=1S/C17H21ClN2/c1-11-9-17(2,3)10-15(11)20-14-7-6-13(18)16-12(14)5-4-8-19-16/h4-8,11,15,20H,9-10H2,1-3H3. The molecule has 1 aliphatic rings. The molecule has 2 atom stereocenters. The fraction of sp³-hybridized carbons (Fsp3) is 0.471. The van der Waals surface area contributed by atoms with Gasteiger partial charge in [0.2, 0.25) is 0 Å². The van der Waals surface area contributed by atoms with Crippen LogP contribution in [0.5, 0.6) is 0 Å². The number of aromatic nitrogens is 1. The quantitative estimate of drug-likeness (QED) is 0.829. The van der Waals surface area contributed by atoms with Crippen molar-refractivity contribution < 1.29 is 0 Å². The molecule has 1 saturated carbocycles. The van der Waals surface area contributed by atoms with E-state index in [0.29, 0.717) is 22.4 Å². The maximum atomic E-state index is 6.23. The average molecular weight is 289 g/mol. The maximum Gasteiger partial charge on any atom is 0.0908 e. The van der Waals surface area contributed by atoms with Gasteiger partial charge < -0.3 is 5.32 Å². The molecular weight excluding hydrogens is 268 g/mol. The summed E-state index contributed by atoms with van der Waals surface area (Å²) in [6.07, 6.45) is 4.27. The smallest absolute Gasteiger partial charge is 0.0908 e. The molecule has 2 unspecified atom stereocenters. The molecule has 1 aromatic heterocycles. The summed E-state index contributed by atoms with van der Waals surface area (Å²) in [5.41, 5.74) is 2.45. The molecule has 1 fully saturated rings. The summed E-state index contributed by atoms with van der Waals surface area (Å²) < 4.78 is 0. The number of benzene rings is 1. The monoisotopic (exact) mass is 288 g/mol. The number of pyridine rings is 1. The van der Waals surface area contributed by atoms with Crippen LogP contribution >= 0.6 is 11.6 Å². The normalized spacial score (nSPS) is 25.0. The molecule has 1 N–H and O–H groups in total. The molecule has 3 heteroatoms. The molecule has 0 spiro atoms. The lowest BCUT2D eigenvalue weighted by atomic mass is 9.91. The number of hydrogen-bond acceptors (Lipinski definition) is 2. The van der Waals surface area contributed by atoms with Gasteiger partial charge in [-0.1, -0.05) is 32.4 Å². The van der Waals surface area contributed by atoms with Crippen molar-refractivity contribution in [1.29, 1.82) is 0 Å². The Morgan fingerprint density at radius 1 is 1.25 bits per heavy atom. The molecular formula is C17H21ClN2. The first kappa shape index (κ1) is 13.7. The lowest BCUT2D eigenvalue weighted by Crippen LogP contribution is -2.22. The molecule has 3 rings (SSSR count). The molecule has 106 valence electrons. The highest BCUT2D eigenvalue weighted by Crippen LogP contribution is 2.42. The number of fused-ring (bicyclic) bond motifs is 1. The Hall–Kier alpha value is -1.28. The van der Waals surface area contributed by atoms with E-state index in [0.717, 1.165) is 16.6 Å². The lowest BCUT2D eigenvalue weighted by Gasteiger charge is -2.21. The summed E-state index contributed by atoms with van der Waals surface area (Å²) in [4.78, 5) is 4.39. The predicted molar refractivity (Wildman–Crippen MR) is 86.3 cm³/mol. The minimum absolute atomic E-state index is 0.428. The fourth-order valence-corrected chi connectivity index (χ4v) is 3.76. The van der Waals surface area contributed by atoms with Crippen molar-refractivity contribution in [2.75, 3.05) is 5.32 Å². The molecule has 2 nitrogen and oxygen atoms in total. The molecule has 0 aliphatic heterocycles. The van der Waals surface area contributed by atoms with E-state index < -0.39 is 0 Å². The SMILES string of the molecule is CC1CC(C)(C)CC1Nc1ccc(Cl)c2ncccc12. The molecule has 1 aromatic carbocycles. The number of halogens is 1. The van der Waals surface area contributed by atoms with Crippen LogP contribution in [0.15, 0.2) is 30.5 Å². The van der Waals surface area contributed by atoms with Gasteiger partial charge in [0.1, 0.15) is 0 Å². The fourth-order valence-electron chi connectivity index (χ4n) is 3.55. The summed E-state index contributed by atoms with van der Waals surface area (Å²) in [6, 6.07) is 8.58. The molecule has 0 radical (unpaired) electrons. The van der Waals surface area contributed by atoms with E-state index in [1.807, 2.05) is 12.1 Å². The van der Waals surface area contributed by atoms with Crippen molar-refractivity contribution >= 4 is 28.2 Å². The first-order valence-electron chi connectivity index (χ1n) is 7.26. The van der Waals surface area contributed by atoms with Gasteiger partial charge in [-0.25, -0.2) is 0 Å². The van der Waals surface area contributed by atoms with E-state index in [4.69, 9.17) is 11.6 Å². The van der Waals surface area contributed by atoms with Crippen LogP contribution in [0.2, 0.25) is 5.02 Å². The Kier molecular flexibility index (Phi) is 3.37. The van der Waals surface area contributed by atoms with Crippen molar-refractivity contribution in [1.82, 2.24) is 4.98 Å². The van der Waals surface area contributed by atoms with Gasteiger partial charge in [-0.3, -0.25) is 4.98 Å². The molecule has 0 bridgehead atoms. The van der Waals surface area contributed by atoms with Crippen molar-refractivity contribution in [2.45, 2.75) is 39.7 Å². The van der Waals surface area contributed by atoms with Crippen molar-refractivity contribution in [3.05, 3.63) is 35.5 Å². The number of nitrogens with zero attached hydrogens (tertiary/aromatic N) is 1. The van der Waals surface area contributed by atoms with Crippen LogP contribution in [0.1, 0.15) is 33.6 Å². The van der Waals surface area contributed by atoms with E-state index in [1.165, 1.54) is 12.8 Å². The molecule has 0 saturated heterocycles. The van der Waals surface area contributed by atoms with E-state index in [2.05, 4.69) is 43.2 Å². The van der Waals surface area contributed by atoms with Crippen LogP contribution in [0.3, 0.4) is 0 Å². The summed E-state index contributed by atoms with van der Waals surface area (Å²) in [6.45, 7) is 7.04. The summed E-state index contributed by atoms with van der Waals surface area (Å²) in [7, 11) is 0. The Bertz CT molecular complexity index is 636. The summed E-state index contributed by atoms with van der Waals surface area (Å²) in [5, 5.41) is 5.54. The van der Waals surface area contributed by atoms with Gasteiger partial charge in [-0.15, -0.1) is 0 Å². The zero-order valence-corrected chi connectivity index (χ0v) is 13.0. The number of rotatable bonds is 2. The Balaban J connectivity index is 1.94. The third-order valence-electron chi connectivity index (χ3n) is 4.40. The van der Waals surface area contributed by atoms with Crippen molar-refractivity contribution in [3.63, 3.8) is 0 Å². The molecule has 20 heavy (non-hydrogen) atoms. The second-order valence-electron chi connectivity index (χ2n) is 6.80. The van der Waals surface area contributed by atoms with Crippen LogP contribution in [0.4, 0.5) is 5.69 Å². The minimum Gasteiger partial charge on any atom is -0.381 e. The first-order chi connectivity index (χ1) is 9.46. The first-order valence-corrected chi connectivity index (χ1v) is 7.64. The third kappa shape index (κ3) is 2.49. The van der Waals surface area contributed by atoms with Crippen LogP contribution in [0, 0.1) is 11.3 Å². The van der Waals surface area contributed by atoms with Gasteiger partial charge in [0.15, 0.2) is 0 Å². The van der Waals surface area contributed by atoms with Crippen molar-refractivity contribution in [2.24, 2.45) is 11.3 Å². The molecule has 2 aromatic rings. The average Bonchev–Trinajstić information content (AvgIpc) is 2.66. The highest BCUT2D eigenvalue weighted by Gasteiger charge is 2.36. The van der Waals surface area contributed by atoms with E-state index in [9.17, 15) is 0 Å². The van der Waals surface area contributed by atoms with Gasteiger partial charge in [0.05, 0.1) is 10.5 Å². The van der Waals surface area contributed by atoms with Gasteiger partial charge in [0, 0.05) is 23.3 Å². The lowest BCUT2D eigenvalue weighted by molar-refractivity contribution is 0.366. The highest BCUT2D eigenvalue weighted by atomic mass is 35.5. The van der Waals surface area contributed by atoms with Gasteiger partial charge in [-0.2, -0.15) is 0 Å². The third-order valence-corrected chi connectivity index (χ3v) is 4.70. The van der Waals surface area contributed by atoms with Gasteiger partial charge >= 0.3 is 0 Å². The summed E-state index contributed by atoms with van der Waals surface area (Å²) in [5.74, 6) is 0.687. The molecule has 1 heterocycles. The molecule has 0 amide bonds. The largest absolute Gasteiger partial charge is 0.381 e. The predicted octanol–water partition coefficient (Wildman–Crippen LogP) is 5.12. The Morgan fingerprint density at radius 2 is 2.05 bits per heavy atom. The van der Waals surface area contributed by atoms with Crippen LogP contribution in [0.25, 0.3) is 10.9 Å². The van der Waals surface area contributed by atoms with Crippen LogP contribution in [-0.4, -0.2) is 11.0 Å². The Labute approximate surface area is 125 Å². The number of nitrogens with one attached hydrogen (secondary N) is 1. The Morgan fingerprint density at radius 3 is 2.75 bits per heavy atom. The summed E-state index contributed by atoms with van der Waals surface area (Å²) >= 11 is 6.23. The zero-order valence-electron chi connectivity index (χ0n) is 12.3. The van der Waals surface area contributed by atoms with E-state index in [1.54, 1.807) is 6.20 Å². The van der Waals surface area contributed by atoms with Gasteiger partial charge in [0.25, 0.3) is 0 Å². The van der Waals surface area contributed by atoms with Crippen LogP contribution < -0.4 is 5.32 Å². The minimum atomic E-state index is 0.428. The van der Waals surface area contributed by atoms with Gasteiger partial charge in [-0.05, 0) is 48.4 Å². The van der Waals surface area contributed by atoms with E-state index in [-0.39, 0.29) is 0 Å². The maximum absolute atomic E-state index is 6.23. The molecule has 1 aliphatic carbocycles. The number of anilines is 1. The second-order valence-corrected chi connectivity index (χ2v) is 7.20.